The van der Waals surface area contributed by atoms with E-state index in [0.29, 0.717) is 5.02 Å². The lowest BCUT2D eigenvalue weighted by Crippen LogP contribution is -1.95. The number of nitrogens with zero attached hydrogens (tertiary/aromatic N) is 2. The zero-order valence-electron chi connectivity index (χ0n) is 7.80. The Kier molecular flexibility index (Phi) is 3.30. The second-order valence-corrected chi connectivity index (χ2v) is 4.43. The van der Waals surface area contributed by atoms with E-state index in [4.69, 9.17) is 16.7 Å². The molecule has 5 heteroatoms. The molecule has 0 saturated heterocycles. The summed E-state index contributed by atoms with van der Waals surface area (Å²) in [5, 5.41) is 10.6. The van der Waals surface area contributed by atoms with E-state index in [1.165, 1.54) is 11.8 Å². The van der Waals surface area contributed by atoms with Gasteiger partial charge >= 0.3 is 0 Å². The van der Waals surface area contributed by atoms with Gasteiger partial charge in [-0.05, 0) is 18.2 Å². The molecule has 0 aliphatic carbocycles. The number of aliphatic hydroxyl groups excluding tert-OH is 1. The predicted octanol–water partition coefficient (Wildman–Crippen LogP) is 2.64. The first-order valence-corrected chi connectivity index (χ1v) is 5.53. The Morgan fingerprint density at radius 1 is 1.47 bits per heavy atom. The predicted molar refractivity (Wildman–Crippen MR) is 60.0 cm³/mol. The quantitative estimate of drug-likeness (QED) is 0.896. The first kappa shape index (κ1) is 10.5. The van der Waals surface area contributed by atoms with Gasteiger partial charge in [0.15, 0.2) is 0 Å². The number of hydrogen-bond donors (Lipinski definition) is 1. The van der Waals surface area contributed by atoms with E-state index < -0.39 is 0 Å². The average Bonchev–Trinajstić information content (AvgIpc) is 2.65. The zero-order valence-corrected chi connectivity index (χ0v) is 9.37. The van der Waals surface area contributed by atoms with Crippen LogP contribution in [0, 0.1) is 0 Å². The van der Waals surface area contributed by atoms with Crippen molar-refractivity contribution >= 4 is 23.4 Å². The number of rotatable bonds is 3. The molecule has 15 heavy (non-hydrogen) atoms. The number of imidazole rings is 1. The van der Waals surface area contributed by atoms with Crippen LogP contribution in [0.3, 0.4) is 0 Å². The van der Waals surface area contributed by atoms with Gasteiger partial charge in [-0.1, -0.05) is 29.4 Å². The van der Waals surface area contributed by atoms with Crippen LogP contribution < -0.4 is 0 Å². The summed E-state index contributed by atoms with van der Waals surface area (Å²) in [6.07, 6.45) is 3.30. The van der Waals surface area contributed by atoms with E-state index >= 15 is 0 Å². The van der Waals surface area contributed by atoms with Crippen LogP contribution in [-0.2, 0) is 6.73 Å². The maximum Gasteiger partial charge on any atom is 0.121 e. The fourth-order valence-corrected chi connectivity index (χ4v) is 2.32. The van der Waals surface area contributed by atoms with Gasteiger partial charge in [-0.2, -0.15) is 0 Å². The smallest absolute Gasteiger partial charge is 0.121 e. The van der Waals surface area contributed by atoms with Gasteiger partial charge in [0.05, 0.1) is 12.5 Å². The Balaban J connectivity index is 2.22. The van der Waals surface area contributed by atoms with Crippen molar-refractivity contribution in [3.63, 3.8) is 0 Å². The Hall–Kier alpha value is -0.970. The Bertz CT molecular complexity index is 458. The largest absolute Gasteiger partial charge is 0.376 e. The molecule has 0 atom stereocenters. The van der Waals surface area contributed by atoms with Crippen molar-refractivity contribution in [2.24, 2.45) is 0 Å². The number of benzene rings is 1. The molecular weight excluding hydrogens is 232 g/mol. The minimum absolute atomic E-state index is 0.0666. The molecule has 0 unspecified atom stereocenters. The normalized spacial score (nSPS) is 10.5. The summed E-state index contributed by atoms with van der Waals surface area (Å²) >= 11 is 7.39. The maximum absolute atomic E-state index is 9.02. The highest BCUT2D eigenvalue weighted by molar-refractivity contribution is 7.99. The van der Waals surface area contributed by atoms with E-state index in [9.17, 15) is 0 Å². The number of aliphatic hydroxyl groups is 1. The van der Waals surface area contributed by atoms with Crippen LogP contribution in [-0.4, -0.2) is 14.7 Å². The number of aromatic nitrogens is 2. The summed E-state index contributed by atoms with van der Waals surface area (Å²) in [4.78, 5) is 4.99. The first-order chi connectivity index (χ1) is 7.29. The molecule has 0 spiro atoms. The highest BCUT2D eigenvalue weighted by atomic mass is 35.5. The molecule has 1 heterocycles. The van der Waals surface area contributed by atoms with Gasteiger partial charge in [0.1, 0.15) is 11.8 Å². The van der Waals surface area contributed by atoms with Gasteiger partial charge in [-0.3, -0.25) is 0 Å². The third-order valence-electron chi connectivity index (χ3n) is 1.84. The second-order valence-electron chi connectivity index (χ2n) is 2.90. The van der Waals surface area contributed by atoms with Crippen LogP contribution >= 0.6 is 23.4 Å². The molecule has 1 aromatic heterocycles. The SMILES string of the molecule is OCn1cncc1Sc1cccc(Cl)c1. The van der Waals surface area contributed by atoms with E-state index in [2.05, 4.69) is 4.98 Å². The molecule has 2 aromatic rings. The Morgan fingerprint density at radius 3 is 3.07 bits per heavy atom. The molecule has 0 saturated carbocycles. The summed E-state index contributed by atoms with van der Waals surface area (Å²) in [6, 6.07) is 7.56. The molecular formula is C10H9ClN2OS. The maximum atomic E-state index is 9.02. The van der Waals surface area contributed by atoms with Crippen LogP contribution in [0.25, 0.3) is 0 Å². The van der Waals surface area contributed by atoms with E-state index in [1.54, 1.807) is 17.1 Å². The summed E-state index contributed by atoms with van der Waals surface area (Å²) in [7, 11) is 0. The number of halogens is 1. The van der Waals surface area contributed by atoms with Crippen LogP contribution in [0.4, 0.5) is 0 Å². The van der Waals surface area contributed by atoms with Crippen molar-refractivity contribution in [1.82, 2.24) is 9.55 Å². The minimum atomic E-state index is -0.0666. The monoisotopic (exact) mass is 240 g/mol. The highest BCUT2D eigenvalue weighted by Crippen LogP contribution is 2.28. The molecule has 0 fully saturated rings. The molecule has 2 rings (SSSR count). The lowest BCUT2D eigenvalue weighted by molar-refractivity contribution is 0.201. The third kappa shape index (κ3) is 2.53. The summed E-state index contributed by atoms with van der Waals surface area (Å²) in [6.45, 7) is -0.0666. The lowest BCUT2D eigenvalue weighted by atomic mass is 10.4. The van der Waals surface area contributed by atoms with Gasteiger partial charge in [0.2, 0.25) is 0 Å². The zero-order chi connectivity index (χ0) is 10.7. The molecule has 0 bridgehead atoms. The van der Waals surface area contributed by atoms with Gasteiger partial charge < -0.3 is 9.67 Å². The molecule has 3 nitrogen and oxygen atoms in total. The van der Waals surface area contributed by atoms with Crippen LogP contribution in [0.5, 0.6) is 0 Å². The topological polar surface area (TPSA) is 38.0 Å². The third-order valence-corrected chi connectivity index (χ3v) is 3.12. The van der Waals surface area contributed by atoms with E-state index in [-0.39, 0.29) is 6.73 Å². The van der Waals surface area contributed by atoms with E-state index in [1.807, 2.05) is 24.3 Å². The molecule has 0 aliphatic rings. The highest BCUT2D eigenvalue weighted by Gasteiger charge is 2.03. The van der Waals surface area contributed by atoms with Crippen LogP contribution in [0.15, 0.2) is 46.7 Å². The van der Waals surface area contributed by atoms with Crippen molar-refractivity contribution < 1.29 is 5.11 Å². The first-order valence-electron chi connectivity index (χ1n) is 4.34. The van der Waals surface area contributed by atoms with Gasteiger partial charge in [0, 0.05) is 9.92 Å². The molecule has 0 radical (unpaired) electrons. The summed E-state index contributed by atoms with van der Waals surface area (Å²) in [5.74, 6) is 0. The summed E-state index contributed by atoms with van der Waals surface area (Å²) < 4.78 is 1.66. The number of hydrogen-bond acceptors (Lipinski definition) is 3. The van der Waals surface area contributed by atoms with Gasteiger partial charge in [-0.15, -0.1) is 0 Å². The van der Waals surface area contributed by atoms with Crippen LogP contribution in [0.1, 0.15) is 0 Å². The van der Waals surface area contributed by atoms with Crippen molar-refractivity contribution in [3.05, 3.63) is 41.8 Å². The molecule has 1 aromatic carbocycles. The molecule has 78 valence electrons. The molecule has 1 N–H and O–H groups in total. The minimum Gasteiger partial charge on any atom is -0.376 e. The fourth-order valence-electron chi connectivity index (χ4n) is 1.15. The average molecular weight is 241 g/mol. The standard InChI is InChI=1S/C10H9ClN2OS/c11-8-2-1-3-9(4-8)15-10-5-12-6-13(10)7-14/h1-6,14H,7H2. The van der Waals surface area contributed by atoms with Crippen molar-refractivity contribution in [2.75, 3.05) is 0 Å². The van der Waals surface area contributed by atoms with Crippen molar-refractivity contribution in [2.45, 2.75) is 16.7 Å². The van der Waals surface area contributed by atoms with Gasteiger partial charge in [0.25, 0.3) is 0 Å². The Labute approximate surface area is 96.7 Å². The Morgan fingerprint density at radius 2 is 2.33 bits per heavy atom. The van der Waals surface area contributed by atoms with E-state index in [0.717, 1.165) is 9.92 Å². The van der Waals surface area contributed by atoms with Crippen LogP contribution in [0.2, 0.25) is 5.02 Å². The van der Waals surface area contributed by atoms with Crippen molar-refractivity contribution in [1.29, 1.82) is 0 Å². The van der Waals surface area contributed by atoms with Gasteiger partial charge in [-0.25, -0.2) is 4.98 Å². The summed E-state index contributed by atoms with van der Waals surface area (Å²) in [5.41, 5.74) is 0. The fraction of sp³-hybridized carbons (Fsp3) is 0.100. The molecule has 0 aliphatic heterocycles. The molecule has 0 amide bonds. The van der Waals surface area contributed by atoms with Crippen molar-refractivity contribution in [3.8, 4) is 0 Å². The lowest BCUT2D eigenvalue weighted by Gasteiger charge is -2.03. The second kappa shape index (κ2) is 4.70.